The lowest BCUT2D eigenvalue weighted by Gasteiger charge is -2.05. The summed E-state index contributed by atoms with van der Waals surface area (Å²) >= 11 is 1.43. The molecule has 0 saturated heterocycles. The van der Waals surface area contributed by atoms with E-state index in [0.29, 0.717) is 17.4 Å². The Morgan fingerprint density at radius 1 is 1.62 bits per heavy atom. The van der Waals surface area contributed by atoms with Gasteiger partial charge in [-0.15, -0.1) is 11.3 Å². The van der Waals surface area contributed by atoms with Crippen LogP contribution < -0.4 is 11.3 Å². The summed E-state index contributed by atoms with van der Waals surface area (Å²) < 4.78 is 5.53. The van der Waals surface area contributed by atoms with Crippen LogP contribution in [0.25, 0.3) is 0 Å². The lowest BCUT2D eigenvalue weighted by atomic mass is 10.2. The van der Waals surface area contributed by atoms with Crippen molar-refractivity contribution in [2.45, 2.75) is 27.4 Å². The Balaban J connectivity index is 2.60. The third-order valence-electron chi connectivity index (χ3n) is 2.08. The molecule has 0 bridgehead atoms. The number of rotatable bonds is 5. The van der Waals surface area contributed by atoms with Crippen LogP contribution in [0.15, 0.2) is 6.07 Å². The quantitative estimate of drug-likeness (QED) is 0.470. The largest absolute Gasteiger partial charge is 0.376 e. The van der Waals surface area contributed by atoms with Crippen LogP contribution in [0.1, 0.15) is 34.0 Å². The van der Waals surface area contributed by atoms with Crippen LogP contribution in [0.5, 0.6) is 0 Å². The SMILES string of the molecule is Cc1sc(C(=O)NN)cc1COCC(C)C. The monoisotopic (exact) mass is 242 g/mol. The maximum absolute atomic E-state index is 11.3. The second-order valence-corrected chi connectivity index (χ2v) is 5.33. The lowest BCUT2D eigenvalue weighted by Crippen LogP contribution is -2.29. The first-order chi connectivity index (χ1) is 7.54. The van der Waals surface area contributed by atoms with Gasteiger partial charge in [-0.2, -0.15) is 0 Å². The maximum atomic E-state index is 11.3. The van der Waals surface area contributed by atoms with Crippen molar-refractivity contribution < 1.29 is 9.53 Å². The summed E-state index contributed by atoms with van der Waals surface area (Å²) in [7, 11) is 0. The van der Waals surface area contributed by atoms with Crippen molar-refractivity contribution in [3.8, 4) is 0 Å². The standard InChI is InChI=1S/C11H18N2O2S/c1-7(2)5-15-6-9-4-10(11(14)13-12)16-8(9)3/h4,7H,5-6,12H2,1-3H3,(H,13,14). The van der Waals surface area contributed by atoms with Gasteiger partial charge in [0.05, 0.1) is 11.5 Å². The Bertz CT molecular complexity index is 361. The molecule has 1 aromatic rings. The van der Waals surface area contributed by atoms with Crippen LogP contribution in [0, 0.1) is 12.8 Å². The molecule has 0 unspecified atom stereocenters. The zero-order valence-corrected chi connectivity index (χ0v) is 10.7. The van der Waals surface area contributed by atoms with Crippen LogP contribution in [0.4, 0.5) is 0 Å². The zero-order valence-electron chi connectivity index (χ0n) is 9.87. The number of aryl methyl sites for hydroxylation is 1. The highest BCUT2D eigenvalue weighted by Crippen LogP contribution is 2.22. The minimum Gasteiger partial charge on any atom is -0.376 e. The molecule has 4 nitrogen and oxygen atoms in total. The Kier molecular flexibility index (Phi) is 4.92. The minimum absolute atomic E-state index is 0.247. The second kappa shape index (κ2) is 5.98. The number of hydrogen-bond acceptors (Lipinski definition) is 4. The number of nitrogens with two attached hydrogens (primary N) is 1. The first-order valence-corrected chi connectivity index (χ1v) is 6.04. The third-order valence-corrected chi connectivity index (χ3v) is 3.18. The molecule has 0 saturated carbocycles. The highest BCUT2D eigenvalue weighted by Gasteiger charge is 2.11. The number of nitrogens with one attached hydrogen (secondary N) is 1. The van der Waals surface area contributed by atoms with E-state index < -0.39 is 0 Å². The van der Waals surface area contributed by atoms with Crippen molar-refractivity contribution in [3.05, 3.63) is 21.4 Å². The molecule has 0 spiro atoms. The van der Waals surface area contributed by atoms with Crippen LogP contribution in [-0.4, -0.2) is 12.5 Å². The van der Waals surface area contributed by atoms with Crippen LogP contribution in [0.2, 0.25) is 0 Å². The number of thiophene rings is 1. The number of carbonyl (C=O) groups excluding carboxylic acids is 1. The molecular weight excluding hydrogens is 224 g/mol. The van der Waals surface area contributed by atoms with E-state index in [1.165, 1.54) is 11.3 Å². The molecule has 0 radical (unpaired) electrons. The molecule has 16 heavy (non-hydrogen) atoms. The molecule has 0 aromatic carbocycles. The fraction of sp³-hybridized carbons (Fsp3) is 0.545. The van der Waals surface area contributed by atoms with Gasteiger partial charge in [0.25, 0.3) is 5.91 Å². The van der Waals surface area contributed by atoms with E-state index in [4.69, 9.17) is 10.6 Å². The van der Waals surface area contributed by atoms with E-state index in [2.05, 4.69) is 19.3 Å². The summed E-state index contributed by atoms with van der Waals surface area (Å²) in [5.74, 6) is 5.35. The zero-order chi connectivity index (χ0) is 12.1. The van der Waals surface area contributed by atoms with Gasteiger partial charge in [-0.3, -0.25) is 10.2 Å². The highest BCUT2D eigenvalue weighted by atomic mass is 32.1. The molecule has 0 aliphatic carbocycles. The van der Waals surface area contributed by atoms with Gasteiger partial charge in [-0.25, -0.2) is 5.84 Å². The number of nitrogen functional groups attached to an aromatic ring is 1. The summed E-state index contributed by atoms with van der Waals surface area (Å²) in [6.07, 6.45) is 0. The van der Waals surface area contributed by atoms with Gasteiger partial charge in [0.2, 0.25) is 0 Å². The van der Waals surface area contributed by atoms with E-state index in [-0.39, 0.29) is 5.91 Å². The van der Waals surface area contributed by atoms with Crippen molar-refractivity contribution in [1.29, 1.82) is 0 Å². The maximum Gasteiger partial charge on any atom is 0.275 e. The van der Waals surface area contributed by atoms with Gasteiger partial charge in [0.15, 0.2) is 0 Å². The number of carbonyl (C=O) groups is 1. The molecule has 1 rings (SSSR count). The number of hydrogen-bond donors (Lipinski definition) is 2. The normalized spacial score (nSPS) is 10.8. The number of ether oxygens (including phenoxy) is 1. The predicted molar refractivity (Wildman–Crippen MR) is 65.2 cm³/mol. The lowest BCUT2D eigenvalue weighted by molar-refractivity contribution is 0.0951. The highest BCUT2D eigenvalue weighted by molar-refractivity contribution is 7.14. The molecular formula is C11H18N2O2S. The number of amides is 1. The first kappa shape index (κ1) is 13.2. The third kappa shape index (κ3) is 3.59. The summed E-state index contributed by atoms with van der Waals surface area (Å²) in [4.78, 5) is 13.0. The van der Waals surface area contributed by atoms with Gasteiger partial charge in [0, 0.05) is 11.5 Å². The van der Waals surface area contributed by atoms with Crippen molar-refractivity contribution >= 4 is 17.2 Å². The van der Waals surface area contributed by atoms with Crippen molar-refractivity contribution in [2.75, 3.05) is 6.61 Å². The Morgan fingerprint density at radius 2 is 2.31 bits per heavy atom. The molecule has 1 amide bonds. The number of hydrazine groups is 1. The average molecular weight is 242 g/mol. The van der Waals surface area contributed by atoms with E-state index in [9.17, 15) is 4.79 Å². The Morgan fingerprint density at radius 3 is 2.88 bits per heavy atom. The van der Waals surface area contributed by atoms with Gasteiger partial charge >= 0.3 is 0 Å². The summed E-state index contributed by atoms with van der Waals surface area (Å²) in [6, 6.07) is 1.84. The summed E-state index contributed by atoms with van der Waals surface area (Å²) in [5.41, 5.74) is 3.19. The molecule has 5 heteroatoms. The summed E-state index contributed by atoms with van der Waals surface area (Å²) in [6.45, 7) is 7.47. The molecule has 0 aliphatic rings. The molecule has 0 aliphatic heterocycles. The van der Waals surface area contributed by atoms with Crippen LogP contribution >= 0.6 is 11.3 Å². The second-order valence-electron chi connectivity index (χ2n) is 4.07. The molecule has 1 aromatic heterocycles. The van der Waals surface area contributed by atoms with Crippen molar-refractivity contribution in [1.82, 2.24) is 5.43 Å². The molecule has 90 valence electrons. The molecule has 0 fully saturated rings. The summed E-state index contributed by atoms with van der Waals surface area (Å²) in [5, 5.41) is 0. The van der Waals surface area contributed by atoms with E-state index in [1.807, 2.05) is 13.0 Å². The van der Waals surface area contributed by atoms with E-state index >= 15 is 0 Å². The van der Waals surface area contributed by atoms with Crippen molar-refractivity contribution in [3.63, 3.8) is 0 Å². The topological polar surface area (TPSA) is 64.4 Å². The van der Waals surface area contributed by atoms with E-state index in [1.54, 1.807) is 0 Å². The average Bonchev–Trinajstić information content (AvgIpc) is 2.59. The van der Waals surface area contributed by atoms with Crippen LogP contribution in [-0.2, 0) is 11.3 Å². The van der Waals surface area contributed by atoms with E-state index in [0.717, 1.165) is 17.0 Å². The van der Waals surface area contributed by atoms with Gasteiger partial charge in [-0.05, 0) is 24.5 Å². The molecule has 0 atom stereocenters. The van der Waals surface area contributed by atoms with Gasteiger partial charge < -0.3 is 4.74 Å². The van der Waals surface area contributed by atoms with Gasteiger partial charge in [-0.1, -0.05) is 13.8 Å². The van der Waals surface area contributed by atoms with Gasteiger partial charge in [0.1, 0.15) is 0 Å². The fourth-order valence-corrected chi connectivity index (χ4v) is 2.18. The Labute approximate surface area is 99.8 Å². The predicted octanol–water partition coefficient (Wildman–Crippen LogP) is 1.83. The molecule has 1 heterocycles. The molecule has 3 N–H and O–H groups in total. The fourth-order valence-electron chi connectivity index (χ4n) is 1.25. The first-order valence-electron chi connectivity index (χ1n) is 5.22. The smallest absolute Gasteiger partial charge is 0.275 e. The van der Waals surface area contributed by atoms with Crippen LogP contribution in [0.3, 0.4) is 0 Å². The van der Waals surface area contributed by atoms with Crippen molar-refractivity contribution in [2.24, 2.45) is 11.8 Å². The Hall–Kier alpha value is -0.910. The minimum atomic E-state index is -0.247.